The predicted molar refractivity (Wildman–Crippen MR) is 88.5 cm³/mol. The fraction of sp³-hybridized carbons (Fsp3) is 0.471. The first kappa shape index (κ1) is 15.3. The molecular weight excluding hydrogens is 306 g/mol. The number of hydrogen-bond donors (Lipinski definition) is 0. The van der Waals surface area contributed by atoms with Crippen LogP contribution in [0.15, 0.2) is 36.7 Å². The molecule has 4 rings (SSSR count). The Morgan fingerprint density at radius 1 is 1.21 bits per heavy atom. The highest BCUT2D eigenvalue weighted by molar-refractivity contribution is 5.99. The molecule has 1 aromatic heterocycles. The molecule has 2 aliphatic rings. The molecule has 126 valence electrons. The van der Waals surface area contributed by atoms with Crippen molar-refractivity contribution in [1.82, 2.24) is 19.7 Å². The normalized spacial score (nSPS) is 25.4. The van der Waals surface area contributed by atoms with Crippen LogP contribution in [0.2, 0.25) is 0 Å². The van der Waals surface area contributed by atoms with Gasteiger partial charge in [-0.1, -0.05) is 18.2 Å². The summed E-state index contributed by atoms with van der Waals surface area (Å²) in [6, 6.07) is 9.80. The number of benzene rings is 1. The molecule has 0 spiro atoms. The van der Waals surface area contributed by atoms with Crippen molar-refractivity contribution < 1.29 is 9.53 Å². The van der Waals surface area contributed by atoms with Crippen LogP contribution in [0.25, 0.3) is 0 Å². The minimum absolute atomic E-state index is 0.0789. The lowest BCUT2D eigenvalue weighted by Gasteiger charge is -2.35. The first-order valence-electron chi connectivity index (χ1n) is 8.30. The zero-order valence-corrected chi connectivity index (χ0v) is 13.7. The van der Waals surface area contributed by atoms with Gasteiger partial charge in [0.2, 0.25) is 5.91 Å². The second kappa shape index (κ2) is 6.33. The third-order valence-corrected chi connectivity index (χ3v) is 4.82. The molecule has 1 aromatic carbocycles. The average Bonchev–Trinajstić information content (AvgIpc) is 3.21. The van der Waals surface area contributed by atoms with Crippen LogP contribution in [0, 0.1) is 0 Å². The summed E-state index contributed by atoms with van der Waals surface area (Å²) in [5.41, 5.74) is 0.975. The van der Waals surface area contributed by atoms with Crippen LogP contribution in [0.1, 0.15) is 18.3 Å². The van der Waals surface area contributed by atoms with Crippen molar-refractivity contribution in [2.45, 2.75) is 18.6 Å². The zero-order valence-electron chi connectivity index (χ0n) is 13.7. The predicted octanol–water partition coefficient (Wildman–Crippen LogP) is 0.994. The molecular formula is C17H21N5O2. The monoisotopic (exact) mass is 327 g/mol. The third kappa shape index (κ3) is 2.70. The molecule has 7 heteroatoms. The lowest BCUT2D eigenvalue weighted by molar-refractivity contribution is -0.125. The van der Waals surface area contributed by atoms with Gasteiger partial charge in [-0.25, -0.2) is 0 Å². The van der Waals surface area contributed by atoms with E-state index in [1.54, 1.807) is 6.33 Å². The first-order valence-corrected chi connectivity index (χ1v) is 8.30. The van der Waals surface area contributed by atoms with Crippen LogP contribution < -0.4 is 4.90 Å². The molecule has 1 amide bonds. The highest BCUT2D eigenvalue weighted by Gasteiger charge is 2.39. The Kier molecular flexibility index (Phi) is 4.03. The van der Waals surface area contributed by atoms with Gasteiger partial charge in [0.15, 0.2) is 5.82 Å². The van der Waals surface area contributed by atoms with Crippen molar-refractivity contribution in [3.05, 3.63) is 42.5 Å². The molecule has 3 heterocycles. The van der Waals surface area contributed by atoms with Gasteiger partial charge >= 0.3 is 0 Å². The Bertz CT molecular complexity index is 717. The zero-order chi connectivity index (χ0) is 16.5. The van der Waals surface area contributed by atoms with Gasteiger partial charge in [0.1, 0.15) is 12.4 Å². The number of aryl methyl sites for hydroxylation is 1. The van der Waals surface area contributed by atoms with Crippen molar-refractivity contribution in [2.75, 3.05) is 31.1 Å². The average molecular weight is 327 g/mol. The summed E-state index contributed by atoms with van der Waals surface area (Å²) < 4.78 is 7.73. The van der Waals surface area contributed by atoms with E-state index in [2.05, 4.69) is 15.1 Å². The molecule has 0 bridgehead atoms. The maximum Gasteiger partial charge on any atom is 0.244 e. The molecule has 2 aliphatic heterocycles. The molecule has 2 saturated heterocycles. The summed E-state index contributed by atoms with van der Waals surface area (Å²) in [7, 11) is 1.91. The van der Waals surface area contributed by atoms with Crippen molar-refractivity contribution in [2.24, 2.45) is 7.05 Å². The van der Waals surface area contributed by atoms with E-state index in [0.717, 1.165) is 31.0 Å². The van der Waals surface area contributed by atoms with Gasteiger partial charge in [0.25, 0.3) is 0 Å². The Morgan fingerprint density at radius 2 is 2.04 bits per heavy atom. The topological polar surface area (TPSA) is 63.5 Å². The lowest BCUT2D eigenvalue weighted by atomic mass is 10.1. The molecule has 2 fully saturated rings. The number of morpholine rings is 1. The fourth-order valence-electron chi connectivity index (χ4n) is 3.56. The molecule has 0 aliphatic carbocycles. The highest BCUT2D eigenvalue weighted by atomic mass is 16.5. The Morgan fingerprint density at radius 3 is 2.79 bits per heavy atom. The minimum Gasteiger partial charge on any atom is -0.368 e. The van der Waals surface area contributed by atoms with Crippen molar-refractivity contribution in [3.8, 4) is 0 Å². The minimum atomic E-state index is -0.134. The molecule has 24 heavy (non-hydrogen) atoms. The molecule has 2 atom stereocenters. The summed E-state index contributed by atoms with van der Waals surface area (Å²) in [4.78, 5) is 17.0. The van der Waals surface area contributed by atoms with E-state index in [4.69, 9.17) is 4.74 Å². The van der Waals surface area contributed by atoms with Crippen LogP contribution in [-0.2, 0) is 16.6 Å². The first-order chi connectivity index (χ1) is 11.7. The number of carbonyl (C=O) groups excluding carboxylic acids is 1. The van der Waals surface area contributed by atoms with E-state index in [1.807, 2.05) is 46.8 Å². The van der Waals surface area contributed by atoms with E-state index < -0.39 is 0 Å². The molecule has 0 saturated carbocycles. The van der Waals surface area contributed by atoms with Gasteiger partial charge in [-0.2, -0.15) is 0 Å². The van der Waals surface area contributed by atoms with Gasteiger partial charge in [0.05, 0.1) is 12.6 Å². The Labute approximate surface area is 140 Å². The number of aromatic nitrogens is 3. The number of rotatable bonds is 3. The summed E-state index contributed by atoms with van der Waals surface area (Å²) in [6.45, 7) is 2.81. The quantitative estimate of drug-likeness (QED) is 0.841. The largest absolute Gasteiger partial charge is 0.368 e. The molecule has 7 nitrogen and oxygen atoms in total. The fourth-order valence-corrected chi connectivity index (χ4v) is 3.56. The third-order valence-electron chi connectivity index (χ3n) is 4.82. The SMILES string of the molecule is Cn1cnnc1[C@H]1CN([C@@H]2CCN(c3ccccc3)C2=O)CCO1. The molecule has 0 unspecified atom stereocenters. The van der Waals surface area contributed by atoms with E-state index in [0.29, 0.717) is 13.2 Å². The second-order valence-corrected chi connectivity index (χ2v) is 6.28. The van der Waals surface area contributed by atoms with E-state index >= 15 is 0 Å². The molecule has 0 radical (unpaired) electrons. The maximum absolute atomic E-state index is 12.9. The van der Waals surface area contributed by atoms with E-state index in [9.17, 15) is 4.79 Å². The van der Waals surface area contributed by atoms with Crippen molar-refractivity contribution in [1.29, 1.82) is 0 Å². The van der Waals surface area contributed by atoms with Crippen molar-refractivity contribution >= 4 is 11.6 Å². The summed E-state index contributed by atoms with van der Waals surface area (Å²) >= 11 is 0. The Hall–Kier alpha value is -2.25. The van der Waals surface area contributed by atoms with Gasteiger partial charge in [-0.3, -0.25) is 9.69 Å². The van der Waals surface area contributed by atoms with Crippen LogP contribution in [0.5, 0.6) is 0 Å². The van der Waals surface area contributed by atoms with Crippen LogP contribution >= 0.6 is 0 Å². The summed E-state index contributed by atoms with van der Waals surface area (Å²) in [6.07, 6.45) is 2.39. The Balaban J connectivity index is 1.48. The lowest BCUT2D eigenvalue weighted by Crippen LogP contribution is -2.48. The number of amides is 1. The number of carbonyl (C=O) groups is 1. The summed E-state index contributed by atoms with van der Waals surface area (Å²) in [5, 5.41) is 8.07. The van der Waals surface area contributed by atoms with Crippen LogP contribution in [0.4, 0.5) is 5.69 Å². The van der Waals surface area contributed by atoms with Gasteiger partial charge in [-0.05, 0) is 18.6 Å². The van der Waals surface area contributed by atoms with E-state index in [-0.39, 0.29) is 18.1 Å². The van der Waals surface area contributed by atoms with Gasteiger partial charge < -0.3 is 14.2 Å². The molecule has 2 aromatic rings. The van der Waals surface area contributed by atoms with Gasteiger partial charge in [-0.15, -0.1) is 10.2 Å². The summed E-state index contributed by atoms with van der Waals surface area (Å²) in [5.74, 6) is 0.991. The standard InChI is InChI=1S/C17H21N5O2/c1-20-12-18-19-16(20)15-11-21(9-10-24-15)14-7-8-22(17(14)23)13-5-3-2-4-6-13/h2-6,12,14-15H,7-11H2,1H3/t14-,15-/m1/s1. The number of nitrogens with zero attached hydrogens (tertiary/aromatic N) is 5. The number of anilines is 1. The van der Waals surface area contributed by atoms with Crippen LogP contribution in [0.3, 0.4) is 0 Å². The second-order valence-electron chi connectivity index (χ2n) is 6.28. The highest BCUT2D eigenvalue weighted by Crippen LogP contribution is 2.28. The van der Waals surface area contributed by atoms with Gasteiger partial charge in [0, 0.05) is 32.4 Å². The maximum atomic E-state index is 12.9. The van der Waals surface area contributed by atoms with E-state index in [1.165, 1.54) is 0 Å². The number of hydrogen-bond acceptors (Lipinski definition) is 5. The number of para-hydroxylation sites is 1. The van der Waals surface area contributed by atoms with Crippen molar-refractivity contribution in [3.63, 3.8) is 0 Å². The van der Waals surface area contributed by atoms with Crippen LogP contribution in [-0.4, -0.2) is 57.9 Å². The molecule has 0 N–H and O–H groups in total. The smallest absolute Gasteiger partial charge is 0.244 e. The number of ether oxygens (including phenoxy) is 1.